The monoisotopic (exact) mass is 239 g/mol. The fourth-order valence-electron chi connectivity index (χ4n) is 1.25. The van der Waals surface area contributed by atoms with Crippen LogP contribution in [0.2, 0.25) is 0 Å². The third-order valence-corrected chi connectivity index (χ3v) is 2.18. The van der Waals surface area contributed by atoms with Gasteiger partial charge in [-0.05, 0) is 6.42 Å². The Balaban J connectivity index is 2.73. The predicted molar refractivity (Wildman–Crippen MR) is 59.3 cm³/mol. The average molecular weight is 239 g/mol. The van der Waals surface area contributed by atoms with Gasteiger partial charge in [0.1, 0.15) is 12.4 Å². The summed E-state index contributed by atoms with van der Waals surface area (Å²) in [6, 6.07) is 0. The minimum absolute atomic E-state index is 0.0745. The maximum Gasteiger partial charge on any atom is 0.333 e. The van der Waals surface area contributed by atoms with Gasteiger partial charge in [0.05, 0.1) is 18.6 Å². The van der Waals surface area contributed by atoms with Crippen molar-refractivity contribution in [3.8, 4) is 0 Å². The number of nitro groups is 1. The van der Waals surface area contributed by atoms with Crippen molar-refractivity contribution in [2.75, 3.05) is 7.11 Å². The van der Waals surface area contributed by atoms with Gasteiger partial charge < -0.3 is 4.74 Å². The quantitative estimate of drug-likeness (QED) is 0.334. The molecule has 0 N–H and O–H groups in total. The third-order valence-electron chi connectivity index (χ3n) is 2.18. The summed E-state index contributed by atoms with van der Waals surface area (Å²) in [7, 11) is 1.31. The van der Waals surface area contributed by atoms with Crippen LogP contribution in [0.5, 0.6) is 0 Å². The minimum atomic E-state index is -0.520. The van der Waals surface area contributed by atoms with Crippen LogP contribution in [-0.4, -0.2) is 27.8 Å². The van der Waals surface area contributed by atoms with Gasteiger partial charge in [0.15, 0.2) is 0 Å². The molecule has 0 fully saturated rings. The summed E-state index contributed by atoms with van der Waals surface area (Å²) in [5.74, 6) is -0.394. The Labute approximate surface area is 97.8 Å². The van der Waals surface area contributed by atoms with Crippen molar-refractivity contribution in [2.45, 2.75) is 19.9 Å². The maximum atomic E-state index is 11.2. The van der Waals surface area contributed by atoms with E-state index in [0.717, 1.165) is 6.20 Å². The molecule has 0 unspecified atom stereocenters. The maximum absolute atomic E-state index is 11.2. The standard InChI is InChI=1S/C10H13N3O4/c1-3-8(10(14)17-2)4-5-12-7-9(6-11-12)13(15)16/h4,6-7H,3,5H2,1-2H3. The van der Waals surface area contributed by atoms with Crippen LogP contribution < -0.4 is 0 Å². The summed E-state index contributed by atoms with van der Waals surface area (Å²) in [4.78, 5) is 21.2. The van der Waals surface area contributed by atoms with E-state index >= 15 is 0 Å². The largest absolute Gasteiger partial charge is 0.466 e. The number of hydrogen-bond donors (Lipinski definition) is 0. The first-order valence-corrected chi connectivity index (χ1v) is 5.02. The van der Waals surface area contributed by atoms with Crippen LogP contribution in [0.25, 0.3) is 0 Å². The molecule has 0 aliphatic carbocycles. The topological polar surface area (TPSA) is 87.3 Å². The minimum Gasteiger partial charge on any atom is -0.466 e. The number of allylic oxidation sites excluding steroid dienone is 1. The van der Waals surface area contributed by atoms with E-state index in [9.17, 15) is 14.9 Å². The van der Waals surface area contributed by atoms with Gasteiger partial charge in [0.25, 0.3) is 0 Å². The van der Waals surface area contributed by atoms with Crippen molar-refractivity contribution in [1.82, 2.24) is 9.78 Å². The van der Waals surface area contributed by atoms with Crippen LogP contribution in [0, 0.1) is 10.1 Å². The fourth-order valence-corrected chi connectivity index (χ4v) is 1.25. The second-order valence-electron chi connectivity index (χ2n) is 3.25. The van der Waals surface area contributed by atoms with Crippen molar-refractivity contribution >= 4 is 11.7 Å². The number of nitrogens with zero attached hydrogens (tertiary/aromatic N) is 3. The number of ether oxygens (including phenoxy) is 1. The molecule has 7 heteroatoms. The summed E-state index contributed by atoms with van der Waals surface area (Å²) >= 11 is 0. The molecule has 0 bridgehead atoms. The number of methoxy groups -OCH3 is 1. The van der Waals surface area contributed by atoms with E-state index < -0.39 is 10.9 Å². The first kappa shape index (κ1) is 12.9. The lowest BCUT2D eigenvalue weighted by Gasteiger charge is -2.01. The molecule has 7 nitrogen and oxygen atoms in total. The summed E-state index contributed by atoms with van der Waals surface area (Å²) < 4.78 is 5.98. The molecule has 0 aromatic carbocycles. The van der Waals surface area contributed by atoms with Gasteiger partial charge >= 0.3 is 11.7 Å². The van der Waals surface area contributed by atoms with Crippen LogP contribution in [0.4, 0.5) is 5.69 Å². The molecule has 92 valence electrons. The Bertz CT molecular complexity index is 450. The summed E-state index contributed by atoms with van der Waals surface area (Å²) in [6.45, 7) is 2.13. The number of carbonyl (C=O) groups excluding carboxylic acids is 1. The number of aromatic nitrogens is 2. The van der Waals surface area contributed by atoms with Gasteiger partial charge in [-0.15, -0.1) is 0 Å². The van der Waals surface area contributed by atoms with E-state index in [2.05, 4.69) is 9.84 Å². The Kier molecular flexibility index (Phi) is 4.38. The molecule has 0 atom stereocenters. The molecule has 0 saturated heterocycles. The fraction of sp³-hybridized carbons (Fsp3) is 0.400. The van der Waals surface area contributed by atoms with E-state index in [4.69, 9.17) is 0 Å². The number of hydrogen-bond acceptors (Lipinski definition) is 5. The Hall–Kier alpha value is -2.18. The molecule has 1 aromatic heterocycles. The molecule has 0 amide bonds. The van der Waals surface area contributed by atoms with Gasteiger partial charge in [-0.1, -0.05) is 13.0 Å². The third kappa shape index (κ3) is 3.40. The molecule has 1 rings (SSSR count). The Morgan fingerprint density at radius 3 is 2.88 bits per heavy atom. The Morgan fingerprint density at radius 1 is 1.71 bits per heavy atom. The van der Waals surface area contributed by atoms with Crippen molar-refractivity contribution in [1.29, 1.82) is 0 Å². The molecule has 17 heavy (non-hydrogen) atoms. The van der Waals surface area contributed by atoms with Crippen LogP contribution in [0.15, 0.2) is 24.0 Å². The molecule has 0 saturated carbocycles. The van der Waals surface area contributed by atoms with Gasteiger partial charge in [-0.2, -0.15) is 5.10 Å². The van der Waals surface area contributed by atoms with E-state index in [1.54, 1.807) is 6.08 Å². The first-order chi connectivity index (χ1) is 8.08. The lowest BCUT2D eigenvalue weighted by atomic mass is 10.2. The molecule has 1 aromatic rings. The number of rotatable bonds is 5. The SMILES string of the molecule is CCC(=CCn1cc([N+](=O)[O-])cn1)C(=O)OC. The van der Waals surface area contributed by atoms with Gasteiger partial charge in [0.2, 0.25) is 0 Å². The smallest absolute Gasteiger partial charge is 0.333 e. The van der Waals surface area contributed by atoms with Crippen LogP contribution >= 0.6 is 0 Å². The molecule has 0 spiro atoms. The zero-order valence-corrected chi connectivity index (χ0v) is 9.62. The van der Waals surface area contributed by atoms with Crippen molar-refractivity contribution in [2.24, 2.45) is 0 Å². The van der Waals surface area contributed by atoms with E-state index in [1.165, 1.54) is 18.0 Å². The summed E-state index contributed by atoms with van der Waals surface area (Å²) in [5.41, 5.74) is 0.445. The lowest BCUT2D eigenvalue weighted by Crippen LogP contribution is -2.06. The van der Waals surface area contributed by atoms with Gasteiger partial charge in [-0.25, -0.2) is 4.79 Å². The van der Waals surface area contributed by atoms with E-state index in [1.807, 2.05) is 6.92 Å². The number of esters is 1. The molecule has 0 radical (unpaired) electrons. The highest BCUT2D eigenvalue weighted by Crippen LogP contribution is 2.09. The average Bonchev–Trinajstić information content (AvgIpc) is 2.78. The van der Waals surface area contributed by atoms with Crippen molar-refractivity contribution < 1.29 is 14.5 Å². The first-order valence-electron chi connectivity index (χ1n) is 5.02. The Morgan fingerprint density at radius 2 is 2.41 bits per heavy atom. The second-order valence-corrected chi connectivity index (χ2v) is 3.25. The summed E-state index contributed by atoms with van der Waals surface area (Å²) in [5, 5.41) is 14.2. The van der Waals surface area contributed by atoms with E-state index in [0.29, 0.717) is 18.5 Å². The van der Waals surface area contributed by atoms with Gasteiger partial charge in [0, 0.05) is 5.57 Å². The molecule has 0 aliphatic heterocycles. The molecule has 0 aliphatic rings. The van der Waals surface area contributed by atoms with Crippen molar-refractivity contribution in [3.05, 3.63) is 34.2 Å². The second kappa shape index (κ2) is 5.78. The summed E-state index contributed by atoms with van der Waals surface area (Å²) in [6.07, 6.45) is 4.65. The number of carbonyl (C=O) groups is 1. The van der Waals surface area contributed by atoms with Crippen LogP contribution in [-0.2, 0) is 16.1 Å². The van der Waals surface area contributed by atoms with E-state index in [-0.39, 0.29) is 5.69 Å². The van der Waals surface area contributed by atoms with Crippen molar-refractivity contribution in [3.63, 3.8) is 0 Å². The molecule has 1 heterocycles. The zero-order valence-electron chi connectivity index (χ0n) is 9.62. The molecular weight excluding hydrogens is 226 g/mol. The van der Waals surface area contributed by atoms with Crippen LogP contribution in [0.1, 0.15) is 13.3 Å². The van der Waals surface area contributed by atoms with Crippen LogP contribution in [0.3, 0.4) is 0 Å². The highest BCUT2D eigenvalue weighted by Gasteiger charge is 2.09. The normalized spacial score (nSPS) is 11.3. The lowest BCUT2D eigenvalue weighted by molar-refractivity contribution is -0.385. The highest BCUT2D eigenvalue weighted by molar-refractivity contribution is 5.88. The van der Waals surface area contributed by atoms with Gasteiger partial charge in [-0.3, -0.25) is 14.8 Å². The predicted octanol–water partition coefficient (Wildman–Crippen LogP) is 1.30. The molecular formula is C10H13N3O4. The highest BCUT2D eigenvalue weighted by atomic mass is 16.6. The zero-order chi connectivity index (χ0) is 12.8.